The zero-order valence-corrected chi connectivity index (χ0v) is 12.9. The number of carbonyl (C=O) groups is 1. The molecule has 1 aliphatic rings. The van der Waals surface area contributed by atoms with Gasteiger partial charge in [-0.15, -0.1) is 0 Å². The highest BCUT2D eigenvalue weighted by Crippen LogP contribution is 2.20. The first kappa shape index (κ1) is 16.7. The number of halogens is 1. The highest BCUT2D eigenvalue weighted by atomic mass is 19.1. The molecule has 0 radical (unpaired) electrons. The smallest absolute Gasteiger partial charge is 0.315 e. The van der Waals surface area contributed by atoms with Crippen LogP contribution in [0.4, 0.5) is 9.18 Å². The number of urea groups is 1. The molecule has 0 saturated carbocycles. The Labute approximate surface area is 129 Å². The van der Waals surface area contributed by atoms with Gasteiger partial charge in [0.2, 0.25) is 0 Å². The standard InChI is InChI=1S/C16H23FN2O3/c1-11(14-4-3-9-22-14)19-15(20)18-10-16(2,21)12-5-7-13(17)8-6-12/h5-8,11,14,21H,3-4,9-10H2,1-2H3,(H2,18,19,20). The Bertz CT molecular complexity index is 499. The number of hydrogen-bond donors (Lipinski definition) is 3. The van der Waals surface area contributed by atoms with E-state index in [1.807, 2.05) is 6.92 Å². The zero-order chi connectivity index (χ0) is 16.2. The lowest BCUT2D eigenvalue weighted by molar-refractivity contribution is 0.0580. The summed E-state index contributed by atoms with van der Waals surface area (Å²) in [6, 6.07) is 5.13. The lowest BCUT2D eigenvalue weighted by Crippen LogP contribution is -2.49. The largest absolute Gasteiger partial charge is 0.384 e. The van der Waals surface area contributed by atoms with Crippen molar-refractivity contribution in [3.8, 4) is 0 Å². The second-order valence-corrected chi connectivity index (χ2v) is 5.95. The summed E-state index contributed by atoms with van der Waals surface area (Å²) in [5, 5.41) is 15.8. The topological polar surface area (TPSA) is 70.6 Å². The second kappa shape index (κ2) is 7.07. The predicted molar refractivity (Wildman–Crippen MR) is 80.9 cm³/mol. The summed E-state index contributed by atoms with van der Waals surface area (Å²) in [6.07, 6.45) is 2.00. The first-order chi connectivity index (χ1) is 10.4. The van der Waals surface area contributed by atoms with Crippen LogP contribution in [0.15, 0.2) is 24.3 Å². The van der Waals surface area contributed by atoms with Crippen LogP contribution in [-0.4, -0.2) is 36.4 Å². The molecule has 1 aromatic rings. The van der Waals surface area contributed by atoms with Crippen molar-refractivity contribution >= 4 is 6.03 Å². The molecule has 1 aromatic carbocycles. The van der Waals surface area contributed by atoms with Gasteiger partial charge in [-0.1, -0.05) is 12.1 Å². The molecule has 0 bridgehead atoms. The summed E-state index contributed by atoms with van der Waals surface area (Å²) in [7, 11) is 0. The molecule has 0 spiro atoms. The molecule has 1 heterocycles. The van der Waals surface area contributed by atoms with Crippen molar-refractivity contribution in [1.82, 2.24) is 10.6 Å². The summed E-state index contributed by atoms with van der Waals surface area (Å²) >= 11 is 0. The number of aliphatic hydroxyl groups is 1. The van der Waals surface area contributed by atoms with E-state index >= 15 is 0 Å². The molecule has 1 fully saturated rings. The van der Waals surface area contributed by atoms with Crippen LogP contribution < -0.4 is 10.6 Å². The molecule has 1 aliphatic heterocycles. The Balaban J connectivity index is 1.82. The maximum Gasteiger partial charge on any atom is 0.315 e. The van der Waals surface area contributed by atoms with Gasteiger partial charge in [-0.25, -0.2) is 9.18 Å². The number of rotatable bonds is 5. The first-order valence-electron chi connectivity index (χ1n) is 7.53. The lowest BCUT2D eigenvalue weighted by Gasteiger charge is -2.26. The summed E-state index contributed by atoms with van der Waals surface area (Å²) in [5.74, 6) is -0.365. The molecule has 1 saturated heterocycles. The molecule has 3 unspecified atom stereocenters. The lowest BCUT2D eigenvalue weighted by atomic mass is 9.96. The van der Waals surface area contributed by atoms with Crippen LogP contribution in [0, 0.1) is 5.82 Å². The Kier molecular flexibility index (Phi) is 5.37. The van der Waals surface area contributed by atoms with Crippen LogP contribution in [0.3, 0.4) is 0 Å². The molecule has 3 atom stereocenters. The molecule has 0 aromatic heterocycles. The fraction of sp³-hybridized carbons (Fsp3) is 0.562. The van der Waals surface area contributed by atoms with E-state index < -0.39 is 5.60 Å². The minimum Gasteiger partial charge on any atom is -0.384 e. The highest BCUT2D eigenvalue weighted by molar-refractivity contribution is 5.74. The van der Waals surface area contributed by atoms with Gasteiger partial charge in [-0.3, -0.25) is 0 Å². The third-order valence-corrected chi connectivity index (χ3v) is 3.94. The van der Waals surface area contributed by atoms with Crippen molar-refractivity contribution in [3.05, 3.63) is 35.6 Å². The van der Waals surface area contributed by atoms with Crippen molar-refractivity contribution in [2.75, 3.05) is 13.2 Å². The average Bonchev–Trinajstić information content (AvgIpc) is 3.00. The minimum absolute atomic E-state index is 0.0305. The van der Waals surface area contributed by atoms with Gasteiger partial charge in [-0.2, -0.15) is 0 Å². The molecule has 2 rings (SSSR count). The van der Waals surface area contributed by atoms with Gasteiger partial charge in [0.15, 0.2) is 0 Å². The van der Waals surface area contributed by atoms with Crippen molar-refractivity contribution in [1.29, 1.82) is 0 Å². The highest BCUT2D eigenvalue weighted by Gasteiger charge is 2.26. The normalized spacial score (nSPS) is 21.9. The van der Waals surface area contributed by atoms with Crippen LogP contribution in [0.5, 0.6) is 0 Å². The van der Waals surface area contributed by atoms with E-state index in [-0.39, 0.29) is 30.5 Å². The second-order valence-electron chi connectivity index (χ2n) is 5.95. The Morgan fingerprint density at radius 2 is 2.18 bits per heavy atom. The maximum atomic E-state index is 12.9. The van der Waals surface area contributed by atoms with E-state index in [1.54, 1.807) is 6.92 Å². The third kappa shape index (κ3) is 4.42. The van der Waals surface area contributed by atoms with Gasteiger partial charge in [0.05, 0.1) is 18.7 Å². The predicted octanol–water partition coefficient (Wildman–Crippen LogP) is 1.90. The van der Waals surface area contributed by atoms with Gasteiger partial charge in [0.25, 0.3) is 0 Å². The van der Waals surface area contributed by atoms with E-state index in [0.717, 1.165) is 19.4 Å². The molecule has 3 N–H and O–H groups in total. The van der Waals surface area contributed by atoms with Crippen LogP contribution in [0.1, 0.15) is 32.3 Å². The molecule has 5 nitrogen and oxygen atoms in total. The van der Waals surface area contributed by atoms with Crippen molar-refractivity contribution in [3.63, 3.8) is 0 Å². The number of carbonyl (C=O) groups excluding carboxylic acids is 1. The number of nitrogens with one attached hydrogen (secondary N) is 2. The zero-order valence-electron chi connectivity index (χ0n) is 12.9. The summed E-state index contributed by atoms with van der Waals surface area (Å²) in [6.45, 7) is 4.23. The molecule has 22 heavy (non-hydrogen) atoms. The maximum absolute atomic E-state index is 12.9. The van der Waals surface area contributed by atoms with E-state index in [1.165, 1.54) is 24.3 Å². The van der Waals surface area contributed by atoms with Crippen molar-refractivity contribution in [2.45, 2.75) is 44.4 Å². The number of amides is 2. The van der Waals surface area contributed by atoms with Crippen LogP contribution in [0.25, 0.3) is 0 Å². The van der Waals surface area contributed by atoms with E-state index in [0.29, 0.717) is 5.56 Å². The molecule has 6 heteroatoms. The molecule has 2 amide bonds. The molecular formula is C16H23FN2O3. The van der Waals surface area contributed by atoms with Crippen LogP contribution in [-0.2, 0) is 10.3 Å². The Morgan fingerprint density at radius 3 is 2.77 bits per heavy atom. The molecular weight excluding hydrogens is 287 g/mol. The van der Waals surface area contributed by atoms with Crippen LogP contribution in [0.2, 0.25) is 0 Å². The monoisotopic (exact) mass is 310 g/mol. The first-order valence-corrected chi connectivity index (χ1v) is 7.53. The average molecular weight is 310 g/mol. The SMILES string of the molecule is CC(NC(=O)NCC(C)(O)c1ccc(F)cc1)C1CCCO1. The van der Waals surface area contributed by atoms with E-state index in [4.69, 9.17) is 4.74 Å². The summed E-state index contributed by atoms with van der Waals surface area (Å²) in [4.78, 5) is 11.9. The summed E-state index contributed by atoms with van der Waals surface area (Å²) < 4.78 is 18.4. The fourth-order valence-electron chi connectivity index (χ4n) is 2.51. The van der Waals surface area contributed by atoms with Gasteiger partial charge < -0.3 is 20.5 Å². The number of hydrogen-bond acceptors (Lipinski definition) is 3. The quantitative estimate of drug-likeness (QED) is 0.778. The third-order valence-electron chi connectivity index (χ3n) is 3.94. The van der Waals surface area contributed by atoms with E-state index in [9.17, 15) is 14.3 Å². The van der Waals surface area contributed by atoms with Gasteiger partial charge >= 0.3 is 6.03 Å². The molecule has 0 aliphatic carbocycles. The minimum atomic E-state index is -1.27. The van der Waals surface area contributed by atoms with Crippen molar-refractivity contribution < 1.29 is 19.0 Å². The van der Waals surface area contributed by atoms with Crippen LogP contribution >= 0.6 is 0 Å². The van der Waals surface area contributed by atoms with Gasteiger partial charge in [-0.05, 0) is 44.4 Å². The summed E-state index contributed by atoms with van der Waals surface area (Å²) in [5.41, 5.74) is -0.723. The van der Waals surface area contributed by atoms with Crippen molar-refractivity contribution in [2.24, 2.45) is 0 Å². The fourth-order valence-corrected chi connectivity index (χ4v) is 2.51. The number of ether oxygens (including phenoxy) is 1. The van der Waals surface area contributed by atoms with Gasteiger partial charge in [0.1, 0.15) is 11.4 Å². The number of benzene rings is 1. The Hall–Kier alpha value is -1.66. The van der Waals surface area contributed by atoms with E-state index in [2.05, 4.69) is 10.6 Å². The van der Waals surface area contributed by atoms with Gasteiger partial charge in [0, 0.05) is 6.61 Å². The Morgan fingerprint density at radius 1 is 1.50 bits per heavy atom. The molecule has 122 valence electrons.